The minimum atomic E-state index is -3.77. The third-order valence-corrected chi connectivity index (χ3v) is 7.71. The van der Waals surface area contributed by atoms with Crippen LogP contribution in [0.5, 0.6) is 0 Å². The lowest BCUT2D eigenvalue weighted by atomic mass is 10.2. The van der Waals surface area contributed by atoms with E-state index < -0.39 is 10.0 Å². The molecule has 0 aliphatic carbocycles. The summed E-state index contributed by atoms with van der Waals surface area (Å²) in [4.78, 5) is 4.35. The Kier molecular flexibility index (Phi) is 5.46. The van der Waals surface area contributed by atoms with Gasteiger partial charge in [-0.25, -0.2) is 13.4 Å². The summed E-state index contributed by atoms with van der Waals surface area (Å²) in [5.74, 6) is 0. The van der Waals surface area contributed by atoms with Gasteiger partial charge in [-0.3, -0.25) is 0 Å². The van der Waals surface area contributed by atoms with Crippen LogP contribution in [0.15, 0.2) is 83.2 Å². The predicted octanol–water partition coefficient (Wildman–Crippen LogP) is 5.34. The number of halogens is 1. The van der Waals surface area contributed by atoms with Gasteiger partial charge in [-0.1, -0.05) is 72.3 Å². The maximum Gasteiger partial charge on any atom is 0.271 e. The molecule has 1 aromatic heterocycles. The van der Waals surface area contributed by atoms with Crippen LogP contribution in [-0.2, 0) is 23.1 Å². The van der Waals surface area contributed by atoms with E-state index in [0.29, 0.717) is 10.5 Å². The number of fused-ring (bicyclic) bond motifs is 1. The first-order valence-corrected chi connectivity index (χ1v) is 11.3. The zero-order chi connectivity index (χ0) is 19.6. The zero-order valence-corrected chi connectivity index (χ0v) is 17.2. The van der Waals surface area contributed by atoms with Crippen LogP contribution < -0.4 is 0 Å². The van der Waals surface area contributed by atoms with Crippen molar-refractivity contribution < 1.29 is 8.42 Å². The second-order valence-corrected chi connectivity index (χ2v) is 9.91. The second kappa shape index (κ2) is 8.01. The number of hydrogen-bond donors (Lipinski definition) is 0. The van der Waals surface area contributed by atoms with Crippen LogP contribution >= 0.6 is 22.9 Å². The number of thiazole rings is 1. The molecule has 0 atom stereocenters. The fourth-order valence-corrected chi connectivity index (χ4v) is 5.82. The first-order valence-electron chi connectivity index (χ1n) is 8.66. The highest BCUT2D eigenvalue weighted by Gasteiger charge is 2.28. The Balaban J connectivity index is 1.74. The van der Waals surface area contributed by atoms with Gasteiger partial charge in [0.1, 0.15) is 0 Å². The van der Waals surface area contributed by atoms with Crippen LogP contribution in [0.2, 0.25) is 5.02 Å². The van der Waals surface area contributed by atoms with Gasteiger partial charge in [0, 0.05) is 18.1 Å². The minimum absolute atomic E-state index is 0.0802. The van der Waals surface area contributed by atoms with Gasteiger partial charge in [-0.05, 0) is 29.3 Å². The maximum absolute atomic E-state index is 13.4. The lowest BCUT2D eigenvalue weighted by molar-refractivity contribution is 0.401. The number of sulfonamides is 1. The largest absolute Gasteiger partial charge is 0.271 e. The minimum Gasteiger partial charge on any atom is -0.224 e. The molecule has 0 saturated heterocycles. The molecule has 4 rings (SSSR count). The lowest BCUT2D eigenvalue weighted by Crippen LogP contribution is -2.30. The van der Waals surface area contributed by atoms with Crippen molar-refractivity contribution >= 4 is 43.2 Å². The maximum atomic E-state index is 13.4. The van der Waals surface area contributed by atoms with Gasteiger partial charge < -0.3 is 0 Å². The molecule has 0 unspecified atom stereocenters. The molecule has 0 aliphatic heterocycles. The molecular weight excluding hydrogens is 412 g/mol. The summed E-state index contributed by atoms with van der Waals surface area (Å²) in [7, 11) is -3.77. The van der Waals surface area contributed by atoms with Crippen molar-refractivity contribution in [1.82, 2.24) is 9.29 Å². The summed E-state index contributed by atoms with van der Waals surface area (Å²) in [5.41, 5.74) is 2.44. The van der Waals surface area contributed by atoms with Crippen LogP contribution in [0.1, 0.15) is 11.1 Å². The SMILES string of the molecule is O=S(=O)(c1nc2cc(Cl)ccc2s1)N(Cc1ccccc1)Cc1ccccc1. The molecule has 0 amide bonds. The molecule has 4 aromatic rings. The second-order valence-electron chi connectivity index (χ2n) is 6.34. The Labute approximate surface area is 173 Å². The molecule has 0 saturated carbocycles. The molecule has 0 radical (unpaired) electrons. The lowest BCUT2D eigenvalue weighted by Gasteiger charge is -2.21. The number of rotatable bonds is 6. The van der Waals surface area contributed by atoms with Crippen molar-refractivity contribution in [1.29, 1.82) is 0 Å². The molecule has 0 N–H and O–H groups in total. The van der Waals surface area contributed by atoms with E-state index in [9.17, 15) is 8.42 Å². The summed E-state index contributed by atoms with van der Waals surface area (Å²) in [6, 6.07) is 24.4. The first kappa shape index (κ1) is 19.1. The number of nitrogens with zero attached hydrogens (tertiary/aromatic N) is 2. The van der Waals surface area contributed by atoms with E-state index >= 15 is 0 Å². The molecule has 1 heterocycles. The Morgan fingerprint density at radius 1 is 0.857 bits per heavy atom. The molecule has 0 fully saturated rings. The normalized spacial score (nSPS) is 11.9. The molecule has 142 valence electrons. The van der Waals surface area contributed by atoms with E-state index in [4.69, 9.17) is 11.6 Å². The van der Waals surface area contributed by atoms with E-state index in [-0.39, 0.29) is 17.4 Å². The third-order valence-electron chi connectivity index (χ3n) is 4.29. The number of aromatic nitrogens is 1. The highest BCUT2D eigenvalue weighted by Crippen LogP contribution is 2.30. The van der Waals surface area contributed by atoms with Crippen LogP contribution in [0, 0.1) is 0 Å². The summed E-state index contributed by atoms with van der Waals surface area (Å²) in [6.45, 7) is 0.545. The van der Waals surface area contributed by atoms with Gasteiger partial charge in [0.15, 0.2) is 0 Å². The third kappa shape index (κ3) is 4.10. The standard InChI is InChI=1S/C21H17ClN2O2S2/c22-18-11-12-20-19(13-18)23-21(27-20)28(25,26)24(14-16-7-3-1-4-8-16)15-17-9-5-2-6-10-17/h1-13H,14-15H2. The summed E-state index contributed by atoms with van der Waals surface area (Å²) >= 11 is 7.19. The van der Waals surface area contributed by atoms with E-state index in [2.05, 4.69) is 4.98 Å². The molecule has 0 spiro atoms. The van der Waals surface area contributed by atoms with Crippen molar-refractivity contribution in [2.75, 3.05) is 0 Å². The smallest absolute Gasteiger partial charge is 0.224 e. The summed E-state index contributed by atoms with van der Waals surface area (Å²) in [6.07, 6.45) is 0. The number of hydrogen-bond acceptors (Lipinski definition) is 4. The van der Waals surface area contributed by atoms with Gasteiger partial charge in [0.05, 0.1) is 10.2 Å². The van der Waals surface area contributed by atoms with E-state index in [0.717, 1.165) is 27.2 Å². The average molecular weight is 429 g/mol. The van der Waals surface area contributed by atoms with Crippen molar-refractivity contribution in [2.24, 2.45) is 0 Å². The number of benzene rings is 3. The van der Waals surface area contributed by atoms with Crippen molar-refractivity contribution in [3.05, 3.63) is 95.0 Å². The van der Waals surface area contributed by atoms with Gasteiger partial charge >= 0.3 is 0 Å². The Hall–Kier alpha value is -2.25. The van der Waals surface area contributed by atoms with Crippen LogP contribution in [0.4, 0.5) is 0 Å². The summed E-state index contributed by atoms with van der Waals surface area (Å²) < 4.78 is 29.2. The Morgan fingerprint density at radius 3 is 2.00 bits per heavy atom. The van der Waals surface area contributed by atoms with Crippen molar-refractivity contribution in [3.63, 3.8) is 0 Å². The molecule has 3 aromatic carbocycles. The van der Waals surface area contributed by atoms with Gasteiger partial charge in [-0.15, -0.1) is 11.3 Å². The van der Waals surface area contributed by atoms with E-state index in [1.165, 1.54) is 4.31 Å². The highest BCUT2D eigenvalue weighted by molar-refractivity contribution is 7.91. The quantitative estimate of drug-likeness (QED) is 0.416. The van der Waals surface area contributed by atoms with Crippen molar-refractivity contribution in [2.45, 2.75) is 17.4 Å². The zero-order valence-electron chi connectivity index (χ0n) is 14.8. The molecule has 7 heteroatoms. The van der Waals surface area contributed by atoms with Crippen LogP contribution in [0.3, 0.4) is 0 Å². The van der Waals surface area contributed by atoms with Crippen LogP contribution in [-0.4, -0.2) is 17.7 Å². The van der Waals surface area contributed by atoms with E-state index in [1.807, 2.05) is 60.7 Å². The first-order chi connectivity index (χ1) is 13.5. The molecule has 28 heavy (non-hydrogen) atoms. The van der Waals surface area contributed by atoms with Gasteiger partial charge in [0.2, 0.25) is 4.34 Å². The van der Waals surface area contributed by atoms with Crippen molar-refractivity contribution in [3.8, 4) is 0 Å². The van der Waals surface area contributed by atoms with Gasteiger partial charge in [0.25, 0.3) is 10.0 Å². The fraction of sp³-hybridized carbons (Fsp3) is 0.0952. The van der Waals surface area contributed by atoms with E-state index in [1.54, 1.807) is 18.2 Å². The fourth-order valence-electron chi connectivity index (χ4n) is 2.90. The molecule has 4 nitrogen and oxygen atoms in total. The monoisotopic (exact) mass is 428 g/mol. The molecule has 0 bridgehead atoms. The highest BCUT2D eigenvalue weighted by atomic mass is 35.5. The Morgan fingerprint density at radius 2 is 1.43 bits per heavy atom. The topological polar surface area (TPSA) is 50.3 Å². The average Bonchev–Trinajstić information content (AvgIpc) is 3.13. The predicted molar refractivity (Wildman–Crippen MR) is 114 cm³/mol. The Bertz CT molecular complexity index is 1150. The van der Waals surface area contributed by atoms with Crippen LogP contribution in [0.25, 0.3) is 10.2 Å². The van der Waals surface area contributed by atoms with Gasteiger partial charge in [-0.2, -0.15) is 4.31 Å². The molecule has 0 aliphatic rings. The molecular formula is C21H17ClN2O2S2. The summed E-state index contributed by atoms with van der Waals surface area (Å²) in [5, 5.41) is 0.534.